The van der Waals surface area contributed by atoms with Gasteiger partial charge in [0.15, 0.2) is 11.6 Å². The first kappa shape index (κ1) is 12.5. The highest BCUT2D eigenvalue weighted by molar-refractivity contribution is 5.92. The van der Waals surface area contributed by atoms with Crippen molar-refractivity contribution in [3.63, 3.8) is 0 Å². The zero-order chi connectivity index (χ0) is 14.9. The Hall–Kier alpha value is -2.24. The van der Waals surface area contributed by atoms with Gasteiger partial charge in [0, 0.05) is 23.2 Å². The summed E-state index contributed by atoms with van der Waals surface area (Å²) in [6.45, 7) is 0. The summed E-state index contributed by atoms with van der Waals surface area (Å²) in [6.07, 6.45) is 3.95. The molecule has 0 amide bonds. The molecule has 3 fully saturated rings. The fraction of sp³-hybridized carbons (Fsp3) is 0.333. The topological polar surface area (TPSA) is 59.3 Å². The van der Waals surface area contributed by atoms with Crippen molar-refractivity contribution in [3.8, 4) is 0 Å². The number of rotatable bonds is 2. The molecule has 0 unspecified atom stereocenters. The third-order valence-electron chi connectivity index (χ3n) is 4.79. The number of benzene rings is 1. The summed E-state index contributed by atoms with van der Waals surface area (Å²) in [5.74, 6) is -2.92. The third kappa shape index (κ3) is 1.47. The van der Waals surface area contributed by atoms with E-state index in [-0.39, 0.29) is 16.4 Å². The number of aromatic carboxylic acids is 1. The molecule has 0 aliphatic heterocycles. The average Bonchev–Trinajstić information content (AvgIpc) is 2.30. The Morgan fingerprint density at radius 1 is 1.24 bits per heavy atom. The number of hydrogen-bond donors (Lipinski definition) is 1. The summed E-state index contributed by atoms with van der Waals surface area (Å²) >= 11 is 0. The van der Waals surface area contributed by atoms with Gasteiger partial charge in [-0.05, 0) is 31.2 Å². The van der Waals surface area contributed by atoms with Gasteiger partial charge in [0.1, 0.15) is 5.56 Å². The van der Waals surface area contributed by atoms with Gasteiger partial charge < -0.3 is 9.67 Å². The fourth-order valence-corrected chi connectivity index (χ4v) is 3.59. The van der Waals surface area contributed by atoms with Crippen molar-refractivity contribution in [2.24, 2.45) is 5.92 Å². The highest BCUT2D eigenvalue weighted by Gasteiger charge is 2.58. The van der Waals surface area contributed by atoms with Crippen LogP contribution in [0.3, 0.4) is 0 Å². The first-order valence-corrected chi connectivity index (χ1v) is 6.69. The second-order valence-electron chi connectivity index (χ2n) is 6.03. The first-order valence-electron chi connectivity index (χ1n) is 6.69. The first-order chi connectivity index (χ1) is 9.91. The molecule has 1 aromatic heterocycles. The van der Waals surface area contributed by atoms with Gasteiger partial charge in [-0.25, -0.2) is 13.6 Å². The van der Waals surface area contributed by atoms with E-state index in [2.05, 4.69) is 0 Å². The molecule has 1 heterocycles. The van der Waals surface area contributed by atoms with Gasteiger partial charge in [0.05, 0.1) is 5.52 Å². The van der Waals surface area contributed by atoms with Crippen LogP contribution in [0, 0.1) is 17.6 Å². The van der Waals surface area contributed by atoms with Crippen LogP contribution in [0.15, 0.2) is 23.1 Å². The predicted octanol–water partition coefficient (Wildman–Crippen LogP) is 2.49. The SMILES string of the molecule is O=C(O)c1cn(C23CC(C2)C3)c2cc(F)c(F)cc2c1=O. The number of pyridine rings is 1. The van der Waals surface area contributed by atoms with Crippen LogP contribution in [0.25, 0.3) is 10.9 Å². The number of aromatic nitrogens is 1. The number of carboxylic acids is 1. The molecule has 0 saturated heterocycles. The molecule has 0 atom stereocenters. The van der Waals surface area contributed by atoms with Gasteiger partial charge >= 0.3 is 5.97 Å². The largest absolute Gasteiger partial charge is 0.477 e. The summed E-state index contributed by atoms with van der Waals surface area (Å²) < 4.78 is 28.6. The van der Waals surface area contributed by atoms with Crippen molar-refractivity contribution in [3.05, 3.63) is 45.8 Å². The van der Waals surface area contributed by atoms with E-state index < -0.39 is 28.6 Å². The molecule has 1 aromatic carbocycles. The van der Waals surface area contributed by atoms with E-state index in [9.17, 15) is 18.4 Å². The van der Waals surface area contributed by atoms with Gasteiger partial charge in [0.25, 0.3) is 0 Å². The molecular formula is C15H11F2NO3. The molecule has 2 aromatic rings. The van der Waals surface area contributed by atoms with E-state index in [1.54, 1.807) is 4.57 Å². The van der Waals surface area contributed by atoms with E-state index in [4.69, 9.17) is 5.11 Å². The van der Waals surface area contributed by atoms with Crippen LogP contribution in [0.2, 0.25) is 0 Å². The normalized spacial score (nSPS) is 26.3. The Kier molecular flexibility index (Phi) is 2.20. The van der Waals surface area contributed by atoms with Gasteiger partial charge in [0.2, 0.25) is 5.43 Å². The van der Waals surface area contributed by atoms with Crippen molar-refractivity contribution in [1.29, 1.82) is 0 Å². The van der Waals surface area contributed by atoms with Gasteiger partial charge in [-0.3, -0.25) is 4.79 Å². The van der Waals surface area contributed by atoms with Crippen LogP contribution < -0.4 is 5.43 Å². The Bertz CT molecular complexity index is 854. The standard InChI is InChI=1S/C15H11F2NO3/c16-10-1-8-12(2-11(10)17)18(15-3-7(4-15)5-15)6-9(13(8)19)14(20)21/h1-2,6-7H,3-5H2,(H,20,21). The third-order valence-corrected chi connectivity index (χ3v) is 4.79. The number of hydrogen-bond acceptors (Lipinski definition) is 2. The minimum Gasteiger partial charge on any atom is -0.477 e. The number of fused-ring (bicyclic) bond motifs is 1. The van der Waals surface area contributed by atoms with Gasteiger partial charge in [-0.1, -0.05) is 0 Å². The van der Waals surface area contributed by atoms with Crippen LogP contribution in [0.1, 0.15) is 29.6 Å². The molecule has 4 nitrogen and oxygen atoms in total. The van der Waals surface area contributed by atoms with Crippen molar-refractivity contribution in [2.45, 2.75) is 24.8 Å². The van der Waals surface area contributed by atoms with Crippen molar-refractivity contribution in [2.75, 3.05) is 0 Å². The van der Waals surface area contributed by atoms with Crippen molar-refractivity contribution >= 4 is 16.9 Å². The maximum Gasteiger partial charge on any atom is 0.341 e. The van der Waals surface area contributed by atoms with Crippen LogP contribution in [-0.4, -0.2) is 15.6 Å². The Morgan fingerprint density at radius 3 is 2.38 bits per heavy atom. The minimum absolute atomic E-state index is 0.0847. The van der Waals surface area contributed by atoms with Crippen LogP contribution >= 0.6 is 0 Å². The maximum absolute atomic E-state index is 13.5. The monoisotopic (exact) mass is 291 g/mol. The second kappa shape index (κ2) is 3.69. The summed E-state index contributed by atoms with van der Waals surface area (Å²) in [7, 11) is 0. The lowest BCUT2D eigenvalue weighted by Gasteiger charge is -2.63. The van der Waals surface area contributed by atoms with E-state index in [1.165, 1.54) is 6.20 Å². The van der Waals surface area contributed by atoms with Gasteiger partial charge in [-0.15, -0.1) is 0 Å². The summed E-state index contributed by atoms with van der Waals surface area (Å²) in [5.41, 5.74) is -1.15. The Labute approximate surface area is 117 Å². The molecule has 6 heteroatoms. The maximum atomic E-state index is 13.5. The number of carboxylic acid groups (broad SMARTS) is 1. The smallest absolute Gasteiger partial charge is 0.341 e. The molecule has 0 radical (unpaired) electrons. The highest BCUT2D eigenvalue weighted by atomic mass is 19.2. The molecule has 21 heavy (non-hydrogen) atoms. The van der Waals surface area contributed by atoms with E-state index in [0.29, 0.717) is 5.92 Å². The predicted molar refractivity (Wildman–Crippen MR) is 70.4 cm³/mol. The quantitative estimate of drug-likeness (QED) is 0.924. The van der Waals surface area contributed by atoms with Crippen molar-refractivity contribution < 1.29 is 18.7 Å². The lowest BCUT2D eigenvalue weighted by molar-refractivity contribution is -0.0860. The lowest BCUT2D eigenvalue weighted by atomic mass is 9.49. The van der Waals surface area contributed by atoms with Crippen LogP contribution in [0.4, 0.5) is 8.78 Å². The molecule has 0 spiro atoms. The van der Waals surface area contributed by atoms with Crippen LogP contribution in [0.5, 0.6) is 0 Å². The molecular weight excluding hydrogens is 280 g/mol. The summed E-state index contributed by atoms with van der Waals surface area (Å²) in [4.78, 5) is 23.4. The summed E-state index contributed by atoms with van der Waals surface area (Å²) in [6, 6.07) is 1.78. The zero-order valence-electron chi connectivity index (χ0n) is 10.9. The number of halogens is 2. The molecule has 108 valence electrons. The molecule has 3 aliphatic rings. The Balaban J connectivity index is 2.11. The second-order valence-corrected chi connectivity index (χ2v) is 6.03. The number of carbonyl (C=O) groups is 1. The average molecular weight is 291 g/mol. The van der Waals surface area contributed by atoms with Crippen molar-refractivity contribution in [1.82, 2.24) is 4.57 Å². The molecule has 1 N–H and O–H groups in total. The molecule has 5 rings (SSSR count). The molecule has 3 aliphatic carbocycles. The van der Waals surface area contributed by atoms with E-state index >= 15 is 0 Å². The van der Waals surface area contributed by atoms with Gasteiger partial charge in [-0.2, -0.15) is 0 Å². The Morgan fingerprint density at radius 2 is 1.86 bits per heavy atom. The zero-order valence-corrected chi connectivity index (χ0v) is 10.9. The lowest BCUT2D eigenvalue weighted by Crippen LogP contribution is -2.59. The minimum atomic E-state index is -1.35. The fourth-order valence-electron chi connectivity index (χ4n) is 3.59. The highest BCUT2D eigenvalue weighted by Crippen LogP contribution is 2.62. The molecule has 2 bridgehead atoms. The van der Waals surface area contributed by atoms with E-state index in [0.717, 1.165) is 31.4 Å². The molecule has 3 saturated carbocycles. The van der Waals surface area contributed by atoms with E-state index in [1.807, 2.05) is 0 Å². The van der Waals surface area contributed by atoms with Crippen LogP contribution in [-0.2, 0) is 5.54 Å². The summed E-state index contributed by atoms with van der Waals surface area (Å²) in [5, 5.41) is 9.08. The number of nitrogens with zero attached hydrogens (tertiary/aromatic N) is 1.